The Labute approximate surface area is 170 Å². The number of nitrogens with zero attached hydrogens (tertiary/aromatic N) is 1. The van der Waals surface area contributed by atoms with Gasteiger partial charge in [-0.3, -0.25) is 9.59 Å². The van der Waals surface area contributed by atoms with Crippen LogP contribution < -0.4 is 0 Å². The molecule has 0 bridgehead atoms. The van der Waals surface area contributed by atoms with E-state index < -0.39 is 11.4 Å². The molecular formula is C21H26ClNO5. The SMILES string of the molecule is CCOCON1C(=O)C(c2ccccc2Cl)=C(OC(=O)C2CCCC2)C1(C)C. The van der Waals surface area contributed by atoms with E-state index in [-0.39, 0.29) is 30.0 Å². The molecule has 1 fully saturated rings. The molecule has 6 nitrogen and oxygen atoms in total. The predicted molar refractivity (Wildman–Crippen MR) is 105 cm³/mol. The van der Waals surface area contributed by atoms with Crippen LogP contribution in [0.3, 0.4) is 0 Å². The molecule has 1 amide bonds. The molecule has 1 aromatic rings. The first-order valence-electron chi connectivity index (χ1n) is 9.64. The van der Waals surface area contributed by atoms with Gasteiger partial charge in [-0.05, 0) is 39.7 Å². The van der Waals surface area contributed by atoms with Crippen LogP contribution in [0.4, 0.5) is 0 Å². The number of esters is 1. The molecule has 0 spiro atoms. The minimum absolute atomic E-state index is 0.0781. The maximum atomic E-state index is 13.2. The van der Waals surface area contributed by atoms with Crippen LogP contribution in [-0.2, 0) is 23.9 Å². The summed E-state index contributed by atoms with van der Waals surface area (Å²) in [5.74, 6) is -0.583. The average Bonchev–Trinajstić information content (AvgIpc) is 3.25. The van der Waals surface area contributed by atoms with Gasteiger partial charge in [0.25, 0.3) is 5.91 Å². The van der Waals surface area contributed by atoms with Crippen molar-refractivity contribution in [1.82, 2.24) is 5.06 Å². The second kappa shape index (κ2) is 8.64. The summed E-state index contributed by atoms with van der Waals surface area (Å²) in [6, 6.07) is 7.00. The van der Waals surface area contributed by atoms with Gasteiger partial charge in [-0.25, -0.2) is 9.90 Å². The third-order valence-corrected chi connectivity index (χ3v) is 5.52. The fourth-order valence-corrected chi connectivity index (χ4v) is 3.90. The number of ether oxygens (including phenoxy) is 2. The quantitative estimate of drug-likeness (QED) is 0.382. The molecule has 0 radical (unpaired) electrons. The van der Waals surface area contributed by atoms with Crippen LogP contribution in [0.1, 0.15) is 52.0 Å². The zero-order valence-corrected chi connectivity index (χ0v) is 17.3. The molecule has 0 saturated heterocycles. The van der Waals surface area contributed by atoms with Crippen molar-refractivity contribution in [3.8, 4) is 0 Å². The highest BCUT2D eigenvalue weighted by Gasteiger charge is 2.50. The lowest BCUT2D eigenvalue weighted by Gasteiger charge is -2.31. The molecule has 152 valence electrons. The van der Waals surface area contributed by atoms with Crippen LogP contribution in [0.5, 0.6) is 0 Å². The number of rotatable bonds is 7. The molecule has 1 aromatic carbocycles. The molecule has 0 atom stereocenters. The zero-order chi connectivity index (χ0) is 20.3. The van der Waals surface area contributed by atoms with Crippen molar-refractivity contribution in [2.24, 2.45) is 5.92 Å². The second-order valence-electron chi connectivity index (χ2n) is 7.48. The highest BCUT2D eigenvalue weighted by molar-refractivity contribution is 6.35. The Balaban J connectivity index is 1.99. The summed E-state index contributed by atoms with van der Waals surface area (Å²) in [5, 5.41) is 1.61. The van der Waals surface area contributed by atoms with Crippen molar-refractivity contribution in [3.05, 3.63) is 40.6 Å². The number of hydroxylamine groups is 2. The first-order chi connectivity index (χ1) is 13.4. The Morgan fingerprint density at radius 3 is 2.57 bits per heavy atom. The van der Waals surface area contributed by atoms with E-state index >= 15 is 0 Å². The summed E-state index contributed by atoms with van der Waals surface area (Å²) >= 11 is 6.36. The molecule has 0 unspecified atom stereocenters. The third kappa shape index (κ3) is 3.95. The lowest BCUT2D eigenvalue weighted by molar-refractivity contribution is -0.243. The highest BCUT2D eigenvalue weighted by Crippen LogP contribution is 2.43. The number of carbonyl (C=O) groups is 2. The molecule has 1 heterocycles. The molecule has 1 aliphatic carbocycles. The van der Waals surface area contributed by atoms with Crippen LogP contribution in [0.15, 0.2) is 30.0 Å². The van der Waals surface area contributed by atoms with Crippen LogP contribution >= 0.6 is 11.6 Å². The number of halogens is 1. The number of hydrogen-bond acceptors (Lipinski definition) is 5. The maximum Gasteiger partial charge on any atom is 0.314 e. The Kier molecular flexibility index (Phi) is 6.43. The summed E-state index contributed by atoms with van der Waals surface area (Å²) in [6.07, 6.45) is 3.66. The van der Waals surface area contributed by atoms with Crippen LogP contribution in [0.2, 0.25) is 5.02 Å². The van der Waals surface area contributed by atoms with E-state index in [1.807, 2.05) is 6.92 Å². The number of hydrogen-bond donors (Lipinski definition) is 0. The minimum atomic E-state index is -0.989. The molecule has 1 aliphatic heterocycles. The van der Waals surface area contributed by atoms with Gasteiger partial charge in [0.1, 0.15) is 11.3 Å². The van der Waals surface area contributed by atoms with E-state index in [1.54, 1.807) is 38.1 Å². The minimum Gasteiger partial charge on any atom is -0.427 e. The first-order valence-corrected chi connectivity index (χ1v) is 10.0. The summed E-state index contributed by atoms with van der Waals surface area (Å²) in [5.41, 5.74) is -0.228. The van der Waals surface area contributed by atoms with Crippen molar-refractivity contribution < 1.29 is 23.9 Å². The monoisotopic (exact) mass is 407 g/mol. The standard InChI is InChI=1S/C21H26ClNO5/c1-4-26-13-27-23-19(24)17(15-11-7-8-12-16(15)22)18(21(23,2)3)28-20(25)14-9-5-6-10-14/h7-8,11-12,14H,4-6,9-10,13H2,1-3H3. The molecule has 7 heteroatoms. The van der Waals surface area contributed by atoms with Gasteiger partial charge in [-0.15, -0.1) is 0 Å². The lowest BCUT2D eigenvalue weighted by atomic mass is 9.98. The highest BCUT2D eigenvalue weighted by atomic mass is 35.5. The van der Waals surface area contributed by atoms with E-state index in [0.29, 0.717) is 17.2 Å². The van der Waals surface area contributed by atoms with E-state index in [1.165, 1.54) is 5.06 Å². The summed E-state index contributed by atoms with van der Waals surface area (Å²) < 4.78 is 11.1. The molecule has 3 rings (SSSR count). The Morgan fingerprint density at radius 1 is 1.25 bits per heavy atom. The van der Waals surface area contributed by atoms with Crippen molar-refractivity contribution in [1.29, 1.82) is 0 Å². The van der Waals surface area contributed by atoms with Gasteiger partial charge in [0.05, 0.1) is 11.5 Å². The summed E-state index contributed by atoms with van der Waals surface area (Å²) in [7, 11) is 0. The fourth-order valence-electron chi connectivity index (χ4n) is 3.67. The third-order valence-electron chi connectivity index (χ3n) is 5.19. The topological polar surface area (TPSA) is 65.1 Å². The second-order valence-corrected chi connectivity index (χ2v) is 7.89. The van der Waals surface area contributed by atoms with Gasteiger partial charge in [0, 0.05) is 17.2 Å². The van der Waals surface area contributed by atoms with Crippen molar-refractivity contribution in [2.45, 2.75) is 52.0 Å². The Bertz CT molecular complexity index is 783. The van der Waals surface area contributed by atoms with E-state index in [4.69, 9.17) is 25.9 Å². The number of carbonyl (C=O) groups excluding carboxylic acids is 2. The normalized spacial score (nSPS) is 19.6. The lowest BCUT2D eigenvalue weighted by Crippen LogP contribution is -2.44. The number of amides is 1. The molecule has 28 heavy (non-hydrogen) atoms. The van der Waals surface area contributed by atoms with Gasteiger partial charge < -0.3 is 9.47 Å². The molecule has 0 N–H and O–H groups in total. The zero-order valence-electron chi connectivity index (χ0n) is 16.5. The fraction of sp³-hybridized carbons (Fsp3) is 0.524. The van der Waals surface area contributed by atoms with Gasteiger partial charge in [-0.2, -0.15) is 0 Å². The van der Waals surface area contributed by atoms with Gasteiger partial charge in [-0.1, -0.05) is 42.6 Å². The summed E-state index contributed by atoms with van der Waals surface area (Å²) in [6.45, 7) is 5.76. The Morgan fingerprint density at radius 2 is 1.93 bits per heavy atom. The molecule has 2 aliphatic rings. The van der Waals surface area contributed by atoms with Crippen LogP contribution in [-0.4, -0.2) is 35.9 Å². The predicted octanol–water partition coefficient (Wildman–Crippen LogP) is 4.33. The summed E-state index contributed by atoms with van der Waals surface area (Å²) in [4.78, 5) is 31.5. The van der Waals surface area contributed by atoms with Crippen molar-refractivity contribution in [3.63, 3.8) is 0 Å². The van der Waals surface area contributed by atoms with E-state index in [2.05, 4.69) is 0 Å². The number of benzene rings is 1. The van der Waals surface area contributed by atoms with Crippen LogP contribution in [0.25, 0.3) is 5.57 Å². The molecular weight excluding hydrogens is 382 g/mol. The van der Waals surface area contributed by atoms with Gasteiger partial charge in [0.2, 0.25) is 0 Å². The van der Waals surface area contributed by atoms with Crippen molar-refractivity contribution in [2.75, 3.05) is 13.4 Å². The largest absolute Gasteiger partial charge is 0.427 e. The molecule has 0 aromatic heterocycles. The smallest absolute Gasteiger partial charge is 0.314 e. The van der Waals surface area contributed by atoms with E-state index in [9.17, 15) is 9.59 Å². The van der Waals surface area contributed by atoms with Crippen molar-refractivity contribution >= 4 is 29.1 Å². The Hall–Kier alpha value is -1.89. The van der Waals surface area contributed by atoms with Gasteiger partial charge >= 0.3 is 5.97 Å². The van der Waals surface area contributed by atoms with Gasteiger partial charge in [0.15, 0.2) is 6.79 Å². The van der Waals surface area contributed by atoms with Crippen LogP contribution in [0, 0.1) is 5.92 Å². The maximum absolute atomic E-state index is 13.2. The molecule has 1 saturated carbocycles. The first kappa shape index (κ1) is 20.8. The average molecular weight is 408 g/mol. The van der Waals surface area contributed by atoms with E-state index in [0.717, 1.165) is 25.7 Å².